The van der Waals surface area contributed by atoms with Gasteiger partial charge in [-0.2, -0.15) is 0 Å². The fourth-order valence-electron chi connectivity index (χ4n) is 2.53. The number of carbonyl (C=O) groups excluding carboxylic acids is 1. The number of methoxy groups -OCH3 is 1. The third kappa shape index (κ3) is 3.92. The summed E-state index contributed by atoms with van der Waals surface area (Å²) < 4.78 is 23.8. The van der Waals surface area contributed by atoms with Crippen LogP contribution in [-0.4, -0.2) is 24.5 Å². The lowest BCUT2D eigenvalue weighted by Gasteiger charge is -2.16. The van der Waals surface area contributed by atoms with Crippen LogP contribution in [0.25, 0.3) is 11.3 Å². The predicted octanol–water partition coefficient (Wildman–Crippen LogP) is 4.25. The molecule has 5 nitrogen and oxygen atoms in total. The van der Waals surface area contributed by atoms with Crippen LogP contribution in [0.5, 0.6) is 0 Å². The Kier molecular flexibility index (Phi) is 5.65. The van der Waals surface area contributed by atoms with E-state index in [2.05, 4.69) is 10.3 Å². The zero-order valence-corrected chi connectivity index (χ0v) is 14.7. The number of nitrogens with one attached hydrogen (secondary N) is 1. The van der Waals surface area contributed by atoms with E-state index in [1.54, 1.807) is 36.4 Å². The van der Waals surface area contributed by atoms with Crippen molar-refractivity contribution in [1.29, 1.82) is 0 Å². The van der Waals surface area contributed by atoms with Crippen molar-refractivity contribution in [1.82, 2.24) is 10.3 Å². The molecular formula is C19H16ClFN2O3. The predicted molar refractivity (Wildman–Crippen MR) is 95.4 cm³/mol. The van der Waals surface area contributed by atoms with Crippen molar-refractivity contribution >= 4 is 17.5 Å². The Morgan fingerprint density at radius 2 is 2.00 bits per heavy atom. The van der Waals surface area contributed by atoms with Crippen LogP contribution in [0.4, 0.5) is 4.39 Å². The SMILES string of the molecule is CO[C@@H](CNC(=O)c1ncoc1-c1ccccc1Cl)c1ccc(F)cc1. The molecule has 0 saturated heterocycles. The van der Waals surface area contributed by atoms with Gasteiger partial charge in [0.25, 0.3) is 5.91 Å². The highest BCUT2D eigenvalue weighted by molar-refractivity contribution is 6.33. The fourth-order valence-corrected chi connectivity index (χ4v) is 2.75. The van der Waals surface area contributed by atoms with Crippen LogP contribution in [-0.2, 0) is 4.74 Å². The first kappa shape index (κ1) is 18.1. The molecule has 1 aromatic heterocycles. The van der Waals surface area contributed by atoms with E-state index in [0.29, 0.717) is 16.3 Å². The molecule has 134 valence electrons. The first-order valence-electron chi connectivity index (χ1n) is 7.85. The van der Waals surface area contributed by atoms with E-state index >= 15 is 0 Å². The standard InChI is InChI=1S/C19H16ClFN2O3/c1-25-16(12-6-8-13(21)9-7-12)10-22-19(24)17-18(26-11-23-17)14-4-2-3-5-15(14)20/h2-9,11,16H,10H2,1H3,(H,22,24)/t16-/m0/s1. The number of aromatic nitrogens is 1. The molecule has 1 heterocycles. The third-order valence-corrected chi connectivity index (χ3v) is 4.20. The van der Waals surface area contributed by atoms with E-state index in [-0.39, 0.29) is 18.1 Å². The molecule has 7 heteroatoms. The van der Waals surface area contributed by atoms with Crippen LogP contribution < -0.4 is 5.32 Å². The highest BCUT2D eigenvalue weighted by Gasteiger charge is 2.21. The molecule has 0 unspecified atom stereocenters. The number of amides is 1. The molecule has 0 aliphatic carbocycles. The Labute approximate surface area is 154 Å². The normalized spacial score (nSPS) is 12.0. The van der Waals surface area contributed by atoms with Crippen LogP contribution in [0.15, 0.2) is 59.3 Å². The lowest BCUT2D eigenvalue weighted by atomic mass is 10.1. The number of hydrogen-bond donors (Lipinski definition) is 1. The molecule has 0 saturated carbocycles. The molecule has 3 aromatic rings. The van der Waals surface area contributed by atoms with Crippen molar-refractivity contribution in [3.05, 3.63) is 77.0 Å². The second kappa shape index (κ2) is 8.12. The summed E-state index contributed by atoms with van der Waals surface area (Å²) >= 11 is 6.16. The maximum absolute atomic E-state index is 13.1. The third-order valence-electron chi connectivity index (χ3n) is 3.88. The molecule has 0 fully saturated rings. The van der Waals surface area contributed by atoms with E-state index in [1.807, 2.05) is 0 Å². The molecule has 1 atom stereocenters. The summed E-state index contributed by atoms with van der Waals surface area (Å²) in [5, 5.41) is 3.21. The number of oxazole rings is 1. The topological polar surface area (TPSA) is 64.4 Å². The number of nitrogens with zero attached hydrogens (tertiary/aromatic N) is 1. The number of carbonyl (C=O) groups is 1. The molecule has 2 aromatic carbocycles. The summed E-state index contributed by atoms with van der Waals surface area (Å²) in [5.74, 6) is -0.457. The van der Waals surface area contributed by atoms with Crippen LogP contribution in [0, 0.1) is 5.82 Å². The van der Waals surface area contributed by atoms with Crippen LogP contribution >= 0.6 is 11.6 Å². The minimum atomic E-state index is -0.421. The van der Waals surface area contributed by atoms with Gasteiger partial charge in [-0.3, -0.25) is 4.79 Å². The van der Waals surface area contributed by atoms with Crippen molar-refractivity contribution in [2.45, 2.75) is 6.10 Å². The second-order valence-electron chi connectivity index (χ2n) is 5.50. The van der Waals surface area contributed by atoms with Gasteiger partial charge >= 0.3 is 0 Å². The lowest BCUT2D eigenvalue weighted by molar-refractivity contribution is 0.0824. The van der Waals surface area contributed by atoms with Gasteiger partial charge in [0.2, 0.25) is 0 Å². The maximum atomic E-state index is 13.1. The molecule has 3 rings (SSSR count). The van der Waals surface area contributed by atoms with Crippen LogP contribution in [0.2, 0.25) is 5.02 Å². The molecule has 26 heavy (non-hydrogen) atoms. The number of rotatable bonds is 6. The Morgan fingerprint density at radius 1 is 1.27 bits per heavy atom. The largest absolute Gasteiger partial charge is 0.443 e. The summed E-state index contributed by atoms with van der Waals surface area (Å²) in [6, 6.07) is 12.9. The molecule has 0 radical (unpaired) electrons. The average molecular weight is 375 g/mol. The summed E-state index contributed by atoms with van der Waals surface area (Å²) in [4.78, 5) is 16.5. The minimum Gasteiger partial charge on any atom is -0.443 e. The molecule has 0 bridgehead atoms. The van der Waals surface area contributed by atoms with Gasteiger partial charge in [-0.25, -0.2) is 9.37 Å². The number of benzene rings is 2. The monoisotopic (exact) mass is 374 g/mol. The number of halogens is 2. The fraction of sp³-hybridized carbons (Fsp3) is 0.158. The second-order valence-corrected chi connectivity index (χ2v) is 5.90. The summed E-state index contributed by atoms with van der Waals surface area (Å²) in [6.07, 6.45) is 0.775. The van der Waals surface area contributed by atoms with Gasteiger partial charge in [0.05, 0.1) is 11.1 Å². The van der Waals surface area contributed by atoms with Crippen LogP contribution in [0.1, 0.15) is 22.2 Å². The van der Waals surface area contributed by atoms with Crippen molar-refractivity contribution in [3.63, 3.8) is 0 Å². The van der Waals surface area contributed by atoms with Crippen LogP contribution in [0.3, 0.4) is 0 Å². The quantitative estimate of drug-likeness (QED) is 0.700. The van der Waals surface area contributed by atoms with Gasteiger partial charge in [0.1, 0.15) is 5.82 Å². The van der Waals surface area contributed by atoms with E-state index < -0.39 is 12.0 Å². The molecular weight excluding hydrogens is 359 g/mol. The van der Waals surface area contributed by atoms with Crippen molar-refractivity contribution in [2.24, 2.45) is 0 Å². The Balaban J connectivity index is 1.74. The van der Waals surface area contributed by atoms with Gasteiger partial charge < -0.3 is 14.5 Å². The zero-order valence-electron chi connectivity index (χ0n) is 13.9. The van der Waals surface area contributed by atoms with E-state index in [1.165, 1.54) is 25.6 Å². The first-order valence-corrected chi connectivity index (χ1v) is 8.22. The first-order chi connectivity index (χ1) is 12.6. The molecule has 0 aliphatic rings. The smallest absolute Gasteiger partial charge is 0.274 e. The lowest BCUT2D eigenvalue weighted by Crippen LogP contribution is -2.29. The summed E-state index contributed by atoms with van der Waals surface area (Å²) in [7, 11) is 1.52. The van der Waals surface area contributed by atoms with Gasteiger partial charge in [0.15, 0.2) is 17.8 Å². The van der Waals surface area contributed by atoms with E-state index in [4.69, 9.17) is 20.8 Å². The van der Waals surface area contributed by atoms with Gasteiger partial charge in [-0.1, -0.05) is 35.9 Å². The van der Waals surface area contributed by atoms with E-state index in [0.717, 1.165) is 5.56 Å². The number of ether oxygens (including phenoxy) is 1. The Bertz CT molecular complexity index is 896. The summed E-state index contributed by atoms with van der Waals surface area (Å²) in [6.45, 7) is 0.190. The van der Waals surface area contributed by atoms with Crippen molar-refractivity contribution < 1.29 is 18.3 Å². The number of hydrogen-bond acceptors (Lipinski definition) is 4. The molecule has 1 amide bonds. The van der Waals surface area contributed by atoms with Gasteiger partial charge in [-0.15, -0.1) is 0 Å². The Morgan fingerprint density at radius 3 is 2.69 bits per heavy atom. The van der Waals surface area contributed by atoms with Gasteiger partial charge in [0, 0.05) is 19.2 Å². The maximum Gasteiger partial charge on any atom is 0.274 e. The zero-order chi connectivity index (χ0) is 18.5. The minimum absolute atomic E-state index is 0.132. The Hall–Kier alpha value is -2.70. The van der Waals surface area contributed by atoms with Crippen molar-refractivity contribution in [2.75, 3.05) is 13.7 Å². The highest BCUT2D eigenvalue weighted by atomic mass is 35.5. The highest BCUT2D eigenvalue weighted by Crippen LogP contribution is 2.30. The van der Waals surface area contributed by atoms with E-state index in [9.17, 15) is 9.18 Å². The molecule has 0 spiro atoms. The average Bonchev–Trinajstić information content (AvgIpc) is 3.13. The van der Waals surface area contributed by atoms with Crippen molar-refractivity contribution in [3.8, 4) is 11.3 Å². The van der Waals surface area contributed by atoms with Gasteiger partial charge in [-0.05, 0) is 29.8 Å². The molecule has 1 N–H and O–H groups in total. The molecule has 0 aliphatic heterocycles. The summed E-state index contributed by atoms with van der Waals surface area (Å²) in [5.41, 5.74) is 1.46.